The van der Waals surface area contributed by atoms with Crippen LogP contribution in [0.15, 0.2) is 26.5 Å². The van der Waals surface area contributed by atoms with Crippen molar-refractivity contribution in [1.82, 2.24) is 15.6 Å². The highest BCUT2D eigenvalue weighted by atomic mass is 32.1. The van der Waals surface area contributed by atoms with Crippen molar-refractivity contribution in [2.45, 2.75) is 19.4 Å². The largest absolute Gasteiger partial charge is 0.451 e. The number of rotatable bonds is 4. The number of hydrogen-bond acceptors (Lipinski definition) is 8. The number of esters is 1. The third kappa shape index (κ3) is 3.14. The van der Waals surface area contributed by atoms with Gasteiger partial charge in [-0.1, -0.05) is 5.16 Å². The first kappa shape index (κ1) is 13.4. The number of hydrogen-bond donors (Lipinski definition) is 1. The Morgan fingerprint density at radius 1 is 1.48 bits per heavy atom. The number of nitrogens with one attached hydrogen (secondary N) is 1. The molecule has 0 atom stereocenters. The van der Waals surface area contributed by atoms with Crippen LogP contribution in [0.1, 0.15) is 18.7 Å². The monoisotopic (exact) mass is 306 g/mol. The van der Waals surface area contributed by atoms with E-state index >= 15 is 0 Å². The van der Waals surface area contributed by atoms with E-state index in [4.69, 9.17) is 9.26 Å². The molecule has 1 aliphatic rings. The van der Waals surface area contributed by atoms with E-state index in [0.29, 0.717) is 5.82 Å². The minimum absolute atomic E-state index is 0.136. The Hall–Kier alpha value is -2.55. The Morgan fingerprint density at radius 3 is 3.10 bits per heavy atom. The van der Waals surface area contributed by atoms with E-state index in [2.05, 4.69) is 20.7 Å². The predicted octanol–water partition coefficient (Wildman–Crippen LogP) is 1.11. The van der Waals surface area contributed by atoms with Crippen molar-refractivity contribution in [3.8, 4) is 11.4 Å². The van der Waals surface area contributed by atoms with E-state index in [1.54, 1.807) is 0 Å². The zero-order valence-corrected chi connectivity index (χ0v) is 11.6. The Kier molecular flexibility index (Phi) is 3.73. The minimum atomic E-state index is -0.606. The number of ether oxygens (including phenoxy) is 1. The summed E-state index contributed by atoms with van der Waals surface area (Å²) in [5.41, 5.74) is 3.25. The second kappa shape index (κ2) is 5.83. The molecule has 1 amide bonds. The first-order valence-corrected chi connectivity index (χ1v) is 7.04. The number of aromatic nitrogens is 2. The van der Waals surface area contributed by atoms with Crippen LogP contribution in [0.4, 0.5) is 0 Å². The fourth-order valence-electron chi connectivity index (χ4n) is 1.65. The molecule has 9 heteroatoms. The molecule has 3 heterocycles. The smallest absolute Gasteiger partial charge is 0.355 e. The number of hydrazone groups is 1. The van der Waals surface area contributed by atoms with Gasteiger partial charge in [0.25, 0.3) is 5.89 Å². The standard InChI is InChI=1S/C12H10N4O4S/c17-9-2-1-8(14-15-9)12(18)19-5-10-13-11(16-20-10)7-3-4-21-6-7/h3-4,6H,1-2,5H2,(H,15,17). The summed E-state index contributed by atoms with van der Waals surface area (Å²) >= 11 is 1.52. The summed E-state index contributed by atoms with van der Waals surface area (Å²) in [5, 5.41) is 11.2. The molecule has 2 aromatic rings. The van der Waals surface area contributed by atoms with E-state index in [-0.39, 0.29) is 37.0 Å². The summed E-state index contributed by atoms with van der Waals surface area (Å²) in [7, 11) is 0. The van der Waals surface area contributed by atoms with Crippen LogP contribution in [0.25, 0.3) is 11.4 Å². The number of thiophene rings is 1. The maximum atomic E-state index is 11.7. The van der Waals surface area contributed by atoms with Crippen molar-refractivity contribution in [2.24, 2.45) is 5.10 Å². The molecule has 0 radical (unpaired) electrons. The molecule has 0 aliphatic carbocycles. The highest BCUT2D eigenvalue weighted by Crippen LogP contribution is 2.18. The molecular weight excluding hydrogens is 296 g/mol. The van der Waals surface area contributed by atoms with E-state index in [1.807, 2.05) is 16.8 Å². The van der Waals surface area contributed by atoms with Gasteiger partial charge in [-0.15, -0.1) is 0 Å². The average Bonchev–Trinajstić information content (AvgIpc) is 3.16. The molecule has 108 valence electrons. The summed E-state index contributed by atoms with van der Waals surface area (Å²) in [6, 6.07) is 1.87. The lowest BCUT2D eigenvalue weighted by Gasteiger charge is -2.10. The van der Waals surface area contributed by atoms with Gasteiger partial charge in [-0.25, -0.2) is 10.2 Å². The number of amides is 1. The van der Waals surface area contributed by atoms with Gasteiger partial charge >= 0.3 is 5.97 Å². The lowest BCUT2D eigenvalue weighted by molar-refractivity contribution is -0.137. The van der Waals surface area contributed by atoms with Crippen molar-refractivity contribution in [3.05, 3.63) is 22.7 Å². The van der Waals surface area contributed by atoms with Crippen molar-refractivity contribution >= 4 is 28.9 Å². The van der Waals surface area contributed by atoms with Gasteiger partial charge in [-0.2, -0.15) is 21.4 Å². The van der Waals surface area contributed by atoms with Gasteiger partial charge in [0.1, 0.15) is 5.71 Å². The SMILES string of the molecule is O=C1CCC(C(=O)OCc2nc(-c3ccsc3)no2)=NN1. The number of carbonyl (C=O) groups excluding carboxylic acids is 2. The second-order valence-corrected chi connectivity index (χ2v) is 4.97. The van der Waals surface area contributed by atoms with Crippen molar-refractivity contribution in [3.63, 3.8) is 0 Å². The van der Waals surface area contributed by atoms with Crippen LogP contribution in [0.5, 0.6) is 0 Å². The highest BCUT2D eigenvalue weighted by molar-refractivity contribution is 7.08. The van der Waals surface area contributed by atoms with Crippen LogP contribution in [0.3, 0.4) is 0 Å². The average molecular weight is 306 g/mol. The summed E-state index contributed by atoms with van der Waals surface area (Å²) in [5.74, 6) is -0.177. The van der Waals surface area contributed by atoms with Crippen LogP contribution in [0.2, 0.25) is 0 Å². The van der Waals surface area contributed by atoms with Crippen LogP contribution in [-0.4, -0.2) is 27.7 Å². The first-order valence-electron chi connectivity index (χ1n) is 6.10. The third-order valence-corrected chi connectivity index (χ3v) is 3.40. The van der Waals surface area contributed by atoms with Gasteiger partial charge in [-0.3, -0.25) is 4.79 Å². The summed E-state index contributed by atoms with van der Waals surface area (Å²) < 4.78 is 10.0. The highest BCUT2D eigenvalue weighted by Gasteiger charge is 2.20. The molecule has 0 unspecified atom stereocenters. The van der Waals surface area contributed by atoms with E-state index < -0.39 is 5.97 Å². The Bertz CT molecular complexity index is 692. The van der Waals surface area contributed by atoms with Crippen LogP contribution < -0.4 is 5.43 Å². The third-order valence-electron chi connectivity index (χ3n) is 2.71. The molecule has 0 bridgehead atoms. The van der Waals surface area contributed by atoms with Crippen molar-refractivity contribution < 1.29 is 18.8 Å². The van der Waals surface area contributed by atoms with Crippen LogP contribution in [0, 0.1) is 0 Å². The lowest BCUT2D eigenvalue weighted by atomic mass is 10.2. The molecule has 3 rings (SSSR count). The molecule has 1 aliphatic heterocycles. The second-order valence-electron chi connectivity index (χ2n) is 4.19. The summed E-state index contributed by atoms with van der Waals surface area (Å²) in [6.07, 6.45) is 0.478. The van der Waals surface area contributed by atoms with Gasteiger partial charge in [0.15, 0.2) is 6.61 Å². The Morgan fingerprint density at radius 2 is 2.38 bits per heavy atom. The van der Waals surface area contributed by atoms with E-state index in [0.717, 1.165) is 5.56 Å². The Labute approximate surface area is 122 Å². The van der Waals surface area contributed by atoms with Crippen LogP contribution in [-0.2, 0) is 20.9 Å². The first-order chi connectivity index (χ1) is 10.2. The van der Waals surface area contributed by atoms with Gasteiger partial charge < -0.3 is 9.26 Å². The van der Waals surface area contributed by atoms with Crippen LogP contribution >= 0.6 is 11.3 Å². The molecule has 21 heavy (non-hydrogen) atoms. The topological polar surface area (TPSA) is 107 Å². The molecule has 8 nitrogen and oxygen atoms in total. The lowest BCUT2D eigenvalue weighted by Crippen LogP contribution is -2.30. The molecular formula is C12H10N4O4S. The van der Waals surface area contributed by atoms with Gasteiger partial charge in [-0.05, 0) is 11.4 Å². The Balaban J connectivity index is 1.58. The minimum Gasteiger partial charge on any atom is -0.451 e. The van der Waals surface area contributed by atoms with E-state index in [1.165, 1.54) is 11.3 Å². The molecule has 1 N–H and O–H groups in total. The zero-order valence-electron chi connectivity index (χ0n) is 10.7. The summed E-state index contributed by atoms with van der Waals surface area (Å²) in [6.45, 7) is -0.136. The molecule has 0 saturated carbocycles. The zero-order chi connectivity index (χ0) is 14.7. The maximum absolute atomic E-state index is 11.7. The number of nitrogens with zero attached hydrogens (tertiary/aromatic N) is 3. The fourth-order valence-corrected chi connectivity index (χ4v) is 2.29. The molecule has 0 fully saturated rings. The van der Waals surface area contributed by atoms with Gasteiger partial charge in [0.05, 0.1) is 0 Å². The predicted molar refractivity (Wildman–Crippen MR) is 72.2 cm³/mol. The van der Waals surface area contributed by atoms with Crippen molar-refractivity contribution in [2.75, 3.05) is 0 Å². The van der Waals surface area contributed by atoms with E-state index in [9.17, 15) is 9.59 Å². The molecule has 0 aromatic carbocycles. The van der Waals surface area contributed by atoms with Gasteiger partial charge in [0.2, 0.25) is 11.7 Å². The summed E-state index contributed by atoms with van der Waals surface area (Å²) in [4.78, 5) is 26.8. The van der Waals surface area contributed by atoms with Gasteiger partial charge in [0, 0.05) is 23.8 Å². The fraction of sp³-hybridized carbons (Fsp3) is 0.250. The number of carbonyl (C=O) groups is 2. The normalized spacial score (nSPS) is 14.5. The maximum Gasteiger partial charge on any atom is 0.355 e. The molecule has 0 saturated heterocycles. The quantitative estimate of drug-likeness (QED) is 0.848. The molecule has 2 aromatic heterocycles. The van der Waals surface area contributed by atoms with Crippen molar-refractivity contribution in [1.29, 1.82) is 0 Å². The molecule has 0 spiro atoms.